The number of thiazole rings is 1. The topological polar surface area (TPSA) is 24.9 Å². The lowest BCUT2D eigenvalue weighted by molar-refractivity contribution is 0.370. The largest absolute Gasteiger partial charge is 0.317 e. The number of aromatic nitrogens is 1. The number of nitrogens with one attached hydrogen (secondary N) is 1. The summed E-state index contributed by atoms with van der Waals surface area (Å²) in [4.78, 5) is 4.79. The van der Waals surface area contributed by atoms with Gasteiger partial charge in [0.15, 0.2) is 0 Å². The zero-order valence-electron chi connectivity index (χ0n) is 10.7. The average molecular weight is 337 g/mol. The van der Waals surface area contributed by atoms with Gasteiger partial charge in [-0.15, -0.1) is 11.3 Å². The smallest absolute Gasteiger partial charge is 0.123 e. The molecule has 0 amide bonds. The van der Waals surface area contributed by atoms with E-state index in [1.165, 1.54) is 24.1 Å². The maximum atomic E-state index is 4.79. The Morgan fingerprint density at radius 3 is 2.68 bits per heavy atom. The third kappa shape index (κ3) is 3.44. The van der Waals surface area contributed by atoms with Crippen LogP contribution in [0.3, 0.4) is 0 Å². The summed E-state index contributed by atoms with van der Waals surface area (Å²) in [7, 11) is 0. The molecule has 1 aromatic carbocycles. The molecule has 0 atom stereocenters. The molecule has 0 spiro atoms. The Morgan fingerprint density at radius 2 is 1.95 bits per heavy atom. The maximum absolute atomic E-state index is 4.79. The van der Waals surface area contributed by atoms with E-state index in [9.17, 15) is 0 Å². The van der Waals surface area contributed by atoms with Crippen molar-refractivity contribution in [3.8, 4) is 10.6 Å². The van der Waals surface area contributed by atoms with E-state index in [0.29, 0.717) is 0 Å². The highest BCUT2D eigenvalue weighted by atomic mass is 79.9. The molecule has 19 heavy (non-hydrogen) atoms. The Hall–Kier alpha value is -0.710. The molecular formula is C15H17BrN2S. The molecule has 1 aliphatic rings. The number of benzene rings is 1. The van der Waals surface area contributed by atoms with Crippen LogP contribution in [0.5, 0.6) is 0 Å². The Morgan fingerprint density at radius 1 is 1.21 bits per heavy atom. The molecule has 0 bridgehead atoms. The summed E-state index contributed by atoms with van der Waals surface area (Å²) in [6.07, 6.45) is 3.70. The van der Waals surface area contributed by atoms with E-state index in [0.717, 1.165) is 34.9 Å². The van der Waals surface area contributed by atoms with Gasteiger partial charge in [-0.1, -0.05) is 28.1 Å². The molecule has 1 saturated heterocycles. The van der Waals surface area contributed by atoms with E-state index in [-0.39, 0.29) is 0 Å². The molecule has 0 radical (unpaired) electrons. The van der Waals surface area contributed by atoms with E-state index >= 15 is 0 Å². The van der Waals surface area contributed by atoms with Gasteiger partial charge in [0.1, 0.15) is 5.01 Å². The number of rotatable bonds is 3. The minimum absolute atomic E-state index is 0.807. The predicted molar refractivity (Wildman–Crippen MR) is 84.5 cm³/mol. The Bertz CT molecular complexity index is 529. The second-order valence-corrected chi connectivity index (χ2v) is 6.82. The van der Waals surface area contributed by atoms with E-state index in [2.05, 4.69) is 50.9 Å². The van der Waals surface area contributed by atoms with E-state index in [4.69, 9.17) is 4.98 Å². The molecule has 1 fully saturated rings. The third-order valence-electron chi connectivity index (χ3n) is 3.60. The minimum Gasteiger partial charge on any atom is -0.317 e. The van der Waals surface area contributed by atoms with Crippen molar-refractivity contribution < 1.29 is 0 Å². The number of hydrogen-bond acceptors (Lipinski definition) is 3. The Balaban J connectivity index is 1.70. The molecule has 1 aromatic heterocycles. The van der Waals surface area contributed by atoms with Gasteiger partial charge < -0.3 is 5.32 Å². The van der Waals surface area contributed by atoms with E-state index in [1.807, 2.05) is 0 Å². The first-order valence-corrected chi connectivity index (χ1v) is 8.39. The summed E-state index contributed by atoms with van der Waals surface area (Å²) in [5, 5.41) is 6.77. The van der Waals surface area contributed by atoms with Crippen molar-refractivity contribution in [1.82, 2.24) is 10.3 Å². The first kappa shape index (κ1) is 13.3. The van der Waals surface area contributed by atoms with Gasteiger partial charge in [0.25, 0.3) is 0 Å². The van der Waals surface area contributed by atoms with Crippen molar-refractivity contribution in [2.45, 2.75) is 19.3 Å². The Labute approximate surface area is 126 Å². The van der Waals surface area contributed by atoms with E-state index in [1.54, 1.807) is 11.3 Å². The fourth-order valence-corrected chi connectivity index (χ4v) is 3.61. The van der Waals surface area contributed by atoms with Gasteiger partial charge in [0.05, 0.1) is 5.69 Å². The summed E-state index contributed by atoms with van der Waals surface area (Å²) in [5.74, 6) is 0.807. The molecule has 2 nitrogen and oxygen atoms in total. The number of hydrogen-bond donors (Lipinski definition) is 1. The van der Waals surface area contributed by atoms with Crippen molar-refractivity contribution in [3.05, 3.63) is 39.8 Å². The molecule has 0 aliphatic carbocycles. The minimum atomic E-state index is 0.807. The number of nitrogens with zero attached hydrogens (tertiary/aromatic N) is 1. The normalized spacial score (nSPS) is 16.7. The molecule has 0 unspecified atom stereocenters. The van der Waals surface area contributed by atoms with Gasteiger partial charge in [-0.2, -0.15) is 0 Å². The van der Waals surface area contributed by atoms with Gasteiger partial charge in [-0.25, -0.2) is 4.98 Å². The third-order valence-corrected chi connectivity index (χ3v) is 5.07. The molecule has 4 heteroatoms. The van der Waals surface area contributed by atoms with Crippen LogP contribution in [-0.2, 0) is 6.42 Å². The summed E-state index contributed by atoms with van der Waals surface area (Å²) < 4.78 is 1.11. The van der Waals surface area contributed by atoms with E-state index < -0.39 is 0 Å². The fraction of sp³-hybridized carbons (Fsp3) is 0.400. The van der Waals surface area contributed by atoms with Gasteiger partial charge in [0, 0.05) is 15.4 Å². The zero-order valence-corrected chi connectivity index (χ0v) is 13.1. The highest BCUT2D eigenvalue weighted by Gasteiger charge is 2.15. The van der Waals surface area contributed by atoms with Crippen LogP contribution in [0, 0.1) is 5.92 Å². The molecule has 2 aromatic rings. The highest BCUT2D eigenvalue weighted by molar-refractivity contribution is 9.10. The standard InChI is InChI=1S/C15H17BrN2S/c16-13-3-1-12(2-4-13)15-18-14(10-19-15)9-11-5-7-17-8-6-11/h1-4,10-11,17H,5-9H2. The van der Waals surface area contributed by atoms with Crippen LogP contribution >= 0.6 is 27.3 Å². The molecule has 1 aliphatic heterocycles. The van der Waals surface area contributed by atoms with Crippen molar-refractivity contribution >= 4 is 27.3 Å². The monoisotopic (exact) mass is 336 g/mol. The van der Waals surface area contributed by atoms with Crippen LogP contribution in [-0.4, -0.2) is 18.1 Å². The Kier molecular flexibility index (Phi) is 4.31. The molecule has 1 N–H and O–H groups in total. The van der Waals surface area contributed by atoms with Crippen LogP contribution in [0.4, 0.5) is 0 Å². The first-order chi connectivity index (χ1) is 9.31. The summed E-state index contributed by atoms with van der Waals surface area (Å²) in [5.41, 5.74) is 2.47. The molecular weight excluding hydrogens is 320 g/mol. The van der Waals surface area contributed by atoms with Gasteiger partial charge >= 0.3 is 0 Å². The number of piperidine rings is 1. The molecule has 0 saturated carbocycles. The van der Waals surface area contributed by atoms with Crippen LogP contribution < -0.4 is 5.32 Å². The van der Waals surface area contributed by atoms with Crippen LogP contribution in [0.25, 0.3) is 10.6 Å². The predicted octanol–water partition coefficient (Wildman–Crippen LogP) is 4.11. The molecule has 100 valence electrons. The SMILES string of the molecule is Brc1ccc(-c2nc(CC3CCNCC3)cs2)cc1. The van der Waals surface area contributed by atoms with Gasteiger partial charge in [0.2, 0.25) is 0 Å². The lowest BCUT2D eigenvalue weighted by Gasteiger charge is -2.21. The van der Waals surface area contributed by atoms with Gasteiger partial charge in [-0.3, -0.25) is 0 Å². The molecule has 2 heterocycles. The summed E-state index contributed by atoms with van der Waals surface area (Å²) in [6.45, 7) is 2.32. The lowest BCUT2D eigenvalue weighted by Crippen LogP contribution is -2.28. The van der Waals surface area contributed by atoms with Crippen molar-refractivity contribution in [1.29, 1.82) is 0 Å². The summed E-state index contributed by atoms with van der Waals surface area (Å²) >= 11 is 5.22. The van der Waals surface area contributed by atoms with Crippen molar-refractivity contribution in [3.63, 3.8) is 0 Å². The van der Waals surface area contributed by atoms with Crippen LogP contribution in [0.15, 0.2) is 34.1 Å². The van der Waals surface area contributed by atoms with Crippen molar-refractivity contribution in [2.75, 3.05) is 13.1 Å². The maximum Gasteiger partial charge on any atom is 0.123 e. The average Bonchev–Trinajstić information content (AvgIpc) is 2.89. The quantitative estimate of drug-likeness (QED) is 0.912. The highest BCUT2D eigenvalue weighted by Crippen LogP contribution is 2.27. The number of halogens is 1. The van der Waals surface area contributed by atoms with Crippen LogP contribution in [0.1, 0.15) is 18.5 Å². The van der Waals surface area contributed by atoms with Gasteiger partial charge in [-0.05, 0) is 50.4 Å². The second-order valence-electron chi connectivity index (χ2n) is 5.05. The molecule has 3 rings (SSSR count). The summed E-state index contributed by atoms with van der Waals surface area (Å²) in [6, 6.07) is 8.39. The van der Waals surface area contributed by atoms with Crippen LogP contribution in [0.2, 0.25) is 0 Å². The second kappa shape index (κ2) is 6.16. The zero-order chi connectivity index (χ0) is 13.1. The lowest BCUT2D eigenvalue weighted by atomic mass is 9.93. The van der Waals surface area contributed by atoms with Crippen molar-refractivity contribution in [2.24, 2.45) is 5.92 Å². The first-order valence-electron chi connectivity index (χ1n) is 6.72. The fourth-order valence-electron chi connectivity index (χ4n) is 2.51.